The maximum atomic E-state index is 5.45. The second-order valence-corrected chi connectivity index (χ2v) is 3.68. The monoisotopic (exact) mass is 190 g/mol. The second kappa shape index (κ2) is 4.97. The van der Waals surface area contributed by atoms with Crippen molar-refractivity contribution in [1.82, 2.24) is 0 Å². The van der Waals surface area contributed by atoms with E-state index in [1.807, 2.05) is 0 Å². The van der Waals surface area contributed by atoms with Gasteiger partial charge in [0.15, 0.2) is 0 Å². The lowest BCUT2D eigenvalue weighted by Gasteiger charge is -2.10. The molecule has 1 heteroatoms. The average Bonchev–Trinajstić information content (AvgIpc) is 2.09. The standard InChI is InChI=1S/C13H18O/c1-5-6-14-9-13-11(3)7-10(2)8-12(13)4/h5,7-8H,1,6,9H2,2-4H3. The molecule has 0 heterocycles. The third kappa shape index (κ3) is 2.71. The van der Waals surface area contributed by atoms with E-state index in [1.165, 1.54) is 22.3 Å². The van der Waals surface area contributed by atoms with E-state index in [2.05, 4.69) is 39.5 Å². The first-order chi connectivity index (χ1) is 6.65. The molecule has 0 saturated heterocycles. The molecule has 1 aromatic rings. The van der Waals surface area contributed by atoms with E-state index < -0.39 is 0 Å². The Morgan fingerprint density at radius 2 is 1.79 bits per heavy atom. The fourth-order valence-electron chi connectivity index (χ4n) is 1.68. The van der Waals surface area contributed by atoms with Crippen molar-refractivity contribution in [3.05, 3.63) is 47.0 Å². The Kier molecular flexibility index (Phi) is 3.90. The first kappa shape index (κ1) is 11.0. The van der Waals surface area contributed by atoms with Crippen LogP contribution in [0.15, 0.2) is 24.8 Å². The number of hydrogen-bond donors (Lipinski definition) is 0. The minimum atomic E-state index is 0.618. The molecule has 1 rings (SSSR count). The lowest BCUT2D eigenvalue weighted by molar-refractivity contribution is 0.148. The summed E-state index contributed by atoms with van der Waals surface area (Å²) >= 11 is 0. The minimum absolute atomic E-state index is 0.618. The molecule has 0 spiro atoms. The molecule has 0 aliphatic rings. The summed E-state index contributed by atoms with van der Waals surface area (Å²) in [5.74, 6) is 0. The van der Waals surface area contributed by atoms with Gasteiger partial charge in [-0.15, -0.1) is 6.58 Å². The van der Waals surface area contributed by atoms with E-state index in [1.54, 1.807) is 6.08 Å². The SMILES string of the molecule is C=CCOCc1c(C)cc(C)cc1C. The van der Waals surface area contributed by atoms with Gasteiger partial charge in [0.2, 0.25) is 0 Å². The minimum Gasteiger partial charge on any atom is -0.373 e. The molecule has 0 amide bonds. The van der Waals surface area contributed by atoms with Gasteiger partial charge in [-0.2, -0.15) is 0 Å². The first-order valence-corrected chi connectivity index (χ1v) is 4.90. The van der Waals surface area contributed by atoms with E-state index in [4.69, 9.17) is 4.74 Å². The zero-order valence-corrected chi connectivity index (χ0v) is 9.26. The molecule has 14 heavy (non-hydrogen) atoms. The normalized spacial score (nSPS) is 10.2. The smallest absolute Gasteiger partial charge is 0.0726 e. The summed E-state index contributed by atoms with van der Waals surface area (Å²) < 4.78 is 5.45. The van der Waals surface area contributed by atoms with Crippen molar-refractivity contribution >= 4 is 0 Å². The Balaban J connectivity index is 2.80. The molecule has 0 radical (unpaired) electrons. The second-order valence-electron chi connectivity index (χ2n) is 3.68. The van der Waals surface area contributed by atoms with Crippen molar-refractivity contribution in [1.29, 1.82) is 0 Å². The molecule has 0 bridgehead atoms. The predicted octanol–water partition coefficient (Wildman–Crippen LogP) is 3.31. The van der Waals surface area contributed by atoms with Gasteiger partial charge in [-0.05, 0) is 37.5 Å². The summed E-state index contributed by atoms with van der Waals surface area (Å²) in [5, 5.41) is 0. The molecule has 76 valence electrons. The van der Waals surface area contributed by atoms with Crippen LogP contribution in [0.3, 0.4) is 0 Å². The third-order valence-corrected chi connectivity index (χ3v) is 2.32. The zero-order valence-electron chi connectivity index (χ0n) is 9.26. The number of rotatable bonds is 4. The van der Waals surface area contributed by atoms with Gasteiger partial charge >= 0.3 is 0 Å². The van der Waals surface area contributed by atoms with Crippen molar-refractivity contribution in [2.75, 3.05) is 6.61 Å². The van der Waals surface area contributed by atoms with Crippen LogP contribution in [0.2, 0.25) is 0 Å². The van der Waals surface area contributed by atoms with E-state index in [-0.39, 0.29) is 0 Å². The quantitative estimate of drug-likeness (QED) is 0.523. The molecule has 0 aromatic heterocycles. The number of aryl methyl sites for hydroxylation is 3. The Hall–Kier alpha value is -1.08. The molecular formula is C13H18O. The van der Waals surface area contributed by atoms with Crippen LogP contribution in [0.5, 0.6) is 0 Å². The Morgan fingerprint density at radius 3 is 2.29 bits per heavy atom. The largest absolute Gasteiger partial charge is 0.373 e. The molecule has 0 saturated carbocycles. The topological polar surface area (TPSA) is 9.23 Å². The van der Waals surface area contributed by atoms with Gasteiger partial charge in [0.25, 0.3) is 0 Å². The Morgan fingerprint density at radius 1 is 1.21 bits per heavy atom. The van der Waals surface area contributed by atoms with Crippen LogP contribution in [0.4, 0.5) is 0 Å². The highest BCUT2D eigenvalue weighted by Gasteiger charge is 2.02. The van der Waals surface area contributed by atoms with Crippen molar-refractivity contribution in [2.45, 2.75) is 27.4 Å². The number of hydrogen-bond acceptors (Lipinski definition) is 1. The van der Waals surface area contributed by atoms with E-state index in [0.29, 0.717) is 13.2 Å². The van der Waals surface area contributed by atoms with Crippen LogP contribution in [0.25, 0.3) is 0 Å². The first-order valence-electron chi connectivity index (χ1n) is 4.90. The van der Waals surface area contributed by atoms with Crippen molar-refractivity contribution in [3.63, 3.8) is 0 Å². The molecular weight excluding hydrogens is 172 g/mol. The average molecular weight is 190 g/mol. The fraction of sp³-hybridized carbons (Fsp3) is 0.385. The summed E-state index contributed by atoms with van der Waals surface area (Å²) in [6, 6.07) is 4.39. The highest BCUT2D eigenvalue weighted by Crippen LogP contribution is 2.17. The van der Waals surface area contributed by atoms with Crippen LogP contribution >= 0.6 is 0 Å². The summed E-state index contributed by atoms with van der Waals surface area (Å²) in [4.78, 5) is 0. The highest BCUT2D eigenvalue weighted by atomic mass is 16.5. The lowest BCUT2D eigenvalue weighted by Crippen LogP contribution is -1.99. The molecule has 0 N–H and O–H groups in total. The summed E-state index contributed by atoms with van der Waals surface area (Å²) in [6.07, 6.45) is 1.78. The van der Waals surface area contributed by atoms with Gasteiger partial charge < -0.3 is 4.74 Å². The van der Waals surface area contributed by atoms with Crippen LogP contribution < -0.4 is 0 Å². The van der Waals surface area contributed by atoms with Crippen molar-refractivity contribution in [2.24, 2.45) is 0 Å². The summed E-state index contributed by atoms with van der Waals surface area (Å²) in [6.45, 7) is 11.3. The van der Waals surface area contributed by atoms with Gasteiger partial charge in [-0.3, -0.25) is 0 Å². The maximum Gasteiger partial charge on any atom is 0.0726 e. The molecule has 0 fully saturated rings. The Labute approximate surface area is 86.4 Å². The van der Waals surface area contributed by atoms with Gasteiger partial charge in [0.05, 0.1) is 13.2 Å². The van der Waals surface area contributed by atoms with Gasteiger partial charge in [0, 0.05) is 0 Å². The zero-order chi connectivity index (χ0) is 10.6. The number of benzene rings is 1. The van der Waals surface area contributed by atoms with Gasteiger partial charge in [-0.1, -0.05) is 23.8 Å². The molecule has 0 aliphatic heterocycles. The van der Waals surface area contributed by atoms with Crippen LogP contribution in [0.1, 0.15) is 22.3 Å². The van der Waals surface area contributed by atoms with E-state index in [0.717, 1.165) is 0 Å². The van der Waals surface area contributed by atoms with Gasteiger partial charge in [-0.25, -0.2) is 0 Å². The molecule has 0 unspecified atom stereocenters. The van der Waals surface area contributed by atoms with Crippen LogP contribution in [-0.2, 0) is 11.3 Å². The number of ether oxygens (including phenoxy) is 1. The summed E-state index contributed by atoms with van der Waals surface area (Å²) in [5.41, 5.74) is 5.24. The lowest BCUT2D eigenvalue weighted by atomic mass is 10.0. The van der Waals surface area contributed by atoms with Crippen LogP contribution in [0, 0.1) is 20.8 Å². The molecule has 0 atom stereocenters. The molecule has 1 nitrogen and oxygen atoms in total. The van der Waals surface area contributed by atoms with Crippen molar-refractivity contribution in [3.8, 4) is 0 Å². The van der Waals surface area contributed by atoms with E-state index >= 15 is 0 Å². The highest BCUT2D eigenvalue weighted by molar-refractivity contribution is 5.36. The molecule has 0 aliphatic carbocycles. The summed E-state index contributed by atoms with van der Waals surface area (Å²) in [7, 11) is 0. The van der Waals surface area contributed by atoms with Crippen molar-refractivity contribution < 1.29 is 4.74 Å². The maximum absolute atomic E-state index is 5.45. The van der Waals surface area contributed by atoms with Gasteiger partial charge in [0.1, 0.15) is 0 Å². The fourth-order valence-corrected chi connectivity index (χ4v) is 1.68. The Bertz CT molecular complexity index is 303. The third-order valence-electron chi connectivity index (χ3n) is 2.32. The molecule has 1 aromatic carbocycles. The van der Waals surface area contributed by atoms with E-state index in [9.17, 15) is 0 Å². The predicted molar refractivity (Wildman–Crippen MR) is 60.5 cm³/mol. The van der Waals surface area contributed by atoms with Crippen LogP contribution in [-0.4, -0.2) is 6.61 Å².